The third-order valence-electron chi connectivity index (χ3n) is 10.3. The Balaban J connectivity index is 1.31. The summed E-state index contributed by atoms with van der Waals surface area (Å²) in [5.74, 6) is -1.22. The maximum absolute atomic E-state index is 14.2. The highest BCUT2D eigenvalue weighted by molar-refractivity contribution is 7.99. The molecule has 1 aliphatic heterocycles. The van der Waals surface area contributed by atoms with Crippen molar-refractivity contribution in [3.63, 3.8) is 0 Å². The zero-order valence-corrected chi connectivity index (χ0v) is 23.8. The number of hydrogen-bond acceptors (Lipinski definition) is 7. The highest BCUT2D eigenvalue weighted by Gasteiger charge is 2.76. The second-order valence-corrected chi connectivity index (χ2v) is 13.9. The zero-order valence-electron chi connectivity index (χ0n) is 23.0. The molecule has 2 heterocycles. The predicted molar refractivity (Wildman–Crippen MR) is 141 cm³/mol. The summed E-state index contributed by atoms with van der Waals surface area (Å²) in [7, 11) is 0. The van der Waals surface area contributed by atoms with Gasteiger partial charge >= 0.3 is 6.18 Å². The number of rotatable bonds is 4. The van der Waals surface area contributed by atoms with Crippen LogP contribution >= 0.6 is 11.8 Å². The minimum atomic E-state index is -4.48. The summed E-state index contributed by atoms with van der Waals surface area (Å²) < 4.78 is 51.9. The van der Waals surface area contributed by atoms with E-state index in [2.05, 4.69) is 11.9 Å². The van der Waals surface area contributed by atoms with Gasteiger partial charge in [0.25, 0.3) is 0 Å². The van der Waals surface area contributed by atoms with E-state index in [1.54, 1.807) is 26.0 Å². The van der Waals surface area contributed by atoms with Crippen LogP contribution < -0.4 is 0 Å². The number of ketones is 2. The smallest absolute Gasteiger partial charge is 0.393 e. The number of aliphatic hydroxyl groups excluding tert-OH is 1. The molecule has 0 aromatic carbocycles. The largest absolute Gasteiger partial charge is 0.417 e. The predicted octanol–water partition coefficient (Wildman–Crippen LogP) is 5.54. The molecule has 5 aliphatic rings. The molecule has 1 aromatic rings. The van der Waals surface area contributed by atoms with Crippen molar-refractivity contribution in [2.24, 2.45) is 28.6 Å². The third-order valence-corrected chi connectivity index (χ3v) is 11.3. The number of carbonyl (C=O) groups excluding carboxylic acids is 2. The Bertz CT molecular complexity index is 1310. The van der Waals surface area contributed by atoms with Gasteiger partial charge in [0.2, 0.25) is 0 Å². The second-order valence-electron chi connectivity index (χ2n) is 12.9. The molecular weight excluding hydrogens is 543 g/mol. The van der Waals surface area contributed by atoms with Crippen LogP contribution in [0.4, 0.5) is 13.2 Å². The van der Waals surface area contributed by atoms with Crippen molar-refractivity contribution >= 4 is 23.3 Å². The topological polar surface area (TPSA) is 85.7 Å². The van der Waals surface area contributed by atoms with Crippen molar-refractivity contribution in [1.29, 1.82) is 0 Å². The van der Waals surface area contributed by atoms with Gasteiger partial charge in [-0.25, -0.2) is 4.98 Å². The molecule has 6 unspecified atom stereocenters. The number of Topliss-reactive ketones (excluding diaryl/α,β-unsaturated/α-hetero) is 1. The molecule has 4 aliphatic carbocycles. The number of hydrogen-bond donors (Lipinski definition) is 1. The number of aromatic nitrogens is 1. The molecule has 0 amide bonds. The van der Waals surface area contributed by atoms with Gasteiger partial charge in [0, 0.05) is 22.9 Å². The highest BCUT2D eigenvalue weighted by atomic mass is 32.2. The van der Waals surface area contributed by atoms with Crippen molar-refractivity contribution in [3.05, 3.63) is 47.7 Å². The SMILES string of the molecule is CC1(C)O[C@@H]2CC3C4CCC5=CC(=O)C=CC5(C)C4C(O)CC3(C)[C@]2(C(=O)CSc2ccc(C(F)(F)F)cn2)O1. The molecule has 6 rings (SSSR count). The Kier molecular flexibility index (Phi) is 6.32. The van der Waals surface area contributed by atoms with Gasteiger partial charge in [-0.1, -0.05) is 37.3 Å². The molecule has 0 radical (unpaired) electrons. The van der Waals surface area contributed by atoms with Crippen LogP contribution in [0.3, 0.4) is 0 Å². The molecule has 3 saturated carbocycles. The molecule has 4 fully saturated rings. The third kappa shape index (κ3) is 4.00. The number of thioether (sulfide) groups is 1. The van der Waals surface area contributed by atoms with Crippen molar-refractivity contribution in [2.45, 2.75) is 88.2 Å². The molecule has 0 spiro atoms. The molecule has 1 N–H and O–H groups in total. The number of allylic oxidation sites excluding steroid dienone is 4. The first-order chi connectivity index (χ1) is 18.6. The van der Waals surface area contributed by atoms with Crippen LogP contribution in [0.15, 0.2) is 47.2 Å². The van der Waals surface area contributed by atoms with Gasteiger partial charge in [-0.05, 0) is 75.7 Å². The number of pyridine rings is 1. The monoisotopic (exact) mass is 577 g/mol. The van der Waals surface area contributed by atoms with Gasteiger partial charge in [-0.15, -0.1) is 0 Å². The summed E-state index contributed by atoms with van der Waals surface area (Å²) in [5.41, 5.74) is -2.24. The Morgan fingerprint density at radius 2 is 1.98 bits per heavy atom. The van der Waals surface area contributed by atoms with E-state index in [0.29, 0.717) is 17.9 Å². The average Bonchev–Trinajstić information content (AvgIpc) is 3.28. The fraction of sp³-hybridized carbons (Fsp3) is 0.633. The van der Waals surface area contributed by atoms with Crippen molar-refractivity contribution in [3.8, 4) is 0 Å². The first-order valence-electron chi connectivity index (χ1n) is 13.8. The highest BCUT2D eigenvalue weighted by Crippen LogP contribution is 2.70. The Morgan fingerprint density at radius 1 is 1.23 bits per heavy atom. The van der Waals surface area contributed by atoms with E-state index in [0.717, 1.165) is 42.4 Å². The number of nitrogens with zero attached hydrogens (tertiary/aromatic N) is 1. The van der Waals surface area contributed by atoms with Gasteiger partial charge < -0.3 is 14.6 Å². The molecule has 216 valence electrons. The lowest BCUT2D eigenvalue weighted by Gasteiger charge is -2.60. The number of halogens is 3. The standard InChI is InChI=1S/C30H34F3NO5S/c1-26(2)38-23-12-20-19-7-5-16-11-18(35)9-10-27(16,3)25(19)21(36)13-28(20,4)29(23,39-26)22(37)15-40-24-8-6-17(14-34-24)30(31,32)33/h6,8-11,14,19-21,23,25,36H,5,7,12-13,15H2,1-4H3/t19?,20?,21?,23-,25?,27?,28?,29-/m1/s1. The molecule has 8 atom stereocenters. The molecule has 6 nitrogen and oxygen atoms in total. The first-order valence-corrected chi connectivity index (χ1v) is 14.8. The molecular formula is C30H34F3NO5S. The number of aliphatic hydroxyl groups is 1. The van der Waals surface area contributed by atoms with Crippen molar-refractivity contribution in [2.75, 3.05) is 5.75 Å². The van der Waals surface area contributed by atoms with Crippen LogP contribution in [0.5, 0.6) is 0 Å². The van der Waals surface area contributed by atoms with E-state index in [4.69, 9.17) is 9.47 Å². The Labute approximate surface area is 235 Å². The number of alkyl halides is 3. The molecule has 1 saturated heterocycles. The maximum atomic E-state index is 14.2. The molecule has 10 heteroatoms. The van der Waals surface area contributed by atoms with Crippen LogP contribution in [0, 0.1) is 28.6 Å². The number of fused-ring (bicyclic) bond motifs is 7. The summed E-state index contributed by atoms with van der Waals surface area (Å²) in [6.45, 7) is 7.71. The van der Waals surface area contributed by atoms with E-state index in [1.807, 2.05) is 13.0 Å². The minimum absolute atomic E-state index is 0.0231. The van der Waals surface area contributed by atoms with Gasteiger partial charge in [-0.3, -0.25) is 9.59 Å². The molecule has 1 aromatic heterocycles. The van der Waals surface area contributed by atoms with Crippen LogP contribution in [0.2, 0.25) is 0 Å². The molecule has 0 bridgehead atoms. The minimum Gasteiger partial charge on any atom is -0.393 e. The Morgan fingerprint density at radius 3 is 2.65 bits per heavy atom. The summed E-state index contributed by atoms with van der Waals surface area (Å²) >= 11 is 1.08. The fourth-order valence-corrected chi connectivity index (χ4v) is 9.59. The normalized spacial score (nSPS) is 41.5. The second kappa shape index (κ2) is 8.99. The summed E-state index contributed by atoms with van der Waals surface area (Å²) in [4.78, 5) is 30.2. The van der Waals surface area contributed by atoms with Gasteiger partial charge in [-0.2, -0.15) is 13.2 Å². The first kappa shape index (κ1) is 28.1. The number of ether oxygens (including phenoxy) is 2. The van der Waals surface area contributed by atoms with Crippen LogP contribution in [-0.2, 0) is 25.2 Å². The lowest BCUT2D eigenvalue weighted by atomic mass is 9.46. The van der Waals surface area contributed by atoms with Gasteiger partial charge in [0.1, 0.15) is 0 Å². The van der Waals surface area contributed by atoms with E-state index in [-0.39, 0.29) is 35.1 Å². The van der Waals surface area contributed by atoms with Crippen molar-refractivity contribution in [1.82, 2.24) is 4.98 Å². The lowest BCUT2D eigenvalue weighted by Crippen LogP contribution is -2.63. The fourth-order valence-electron chi connectivity index (χ4n) is 8.80. The van der Waals surface area contributed by atoms with Gasteiger partial charge in [0.15, 0.2) is 23.0 Å². The Hall–Kier alpha value is -2.01. The zero-order chi connectivity index (χ0) is 28.9. The summed E-state index contributed by atoms with van der Waals surface area (Å²) in [5, 5.41) is 12.1. The van der Waals surface area contributed by atoms with Crippen LogP contribution in [0.1, 0.15) is 58.9 Å². The maximum Gasteiger partial charge on any atom is 0.417 e. The van der Waals surface area contributed by atoms with E-state index in [9.17, 15) is 27.9 Å². The van der Waals surface area contributed by atoms with E-state index in [1.165, 1.54) is 6.07 Å². The van der Waals surface area contributed by atoms with E-state index >= 15 is 0 Å². The quantitative estimate of drug-likeness (QED) is 0.471. The molecule has 40 heavy (non-hydrogen) atoms. The van der Waals surface area contributed by atoms with Crippen molar-refractivity contribution < 1.29 is 37.3 Å². The average molecular weight is 578 g/mol. The lowest BCUT2D eigenvalue weighted by molar-refractivity contribution is -0.223. The summed E-state index contributed by atoms with van der Waals surface area (Å²) in [6.07, 6.45) is 2.83. The van der Waals surface area contributed by atoms with E-state index < -0.39 is 46.2 Å². The van der Waals surface area contributed by atoms with Crippen LogP contribution in [0.25, 0.3) is 0 Å². The van der Waals surface area contributed by atoms with Crippen LogP contribution in [-0.4, -0.2) is 51.0 Å². The van der Waals surface area contributed by atoms with Gasteiger partial charge in [0.05, 0.1) is 28.6 Å². The summed E-state index contributed by atoms with van der Waals surface area (Å²) in [6, 6.07) is 2.24. The number of carbonyl (C=O) groups is 2.